The number of nitrogens with one attached hydrogen (secondary N) is 2. The van der Waals surface area contributed by atoms with Crippen molar-refractivity contribution < 1.29 is 4.79 Å². The fraction of sp³-hybridized carbons (Fsp3) is 0.533. The van der Waals surface area contributed by atoms with Crippen LogP contribution < -0.4 is 10.6 Å². The van der Waals surface area contributed by atoms with Gasteiger partial charge in [0.25, 0.3) is 0 Å². The van der Waals surface area contributed by atoms with Gasteiger partial charge in [-0.1, -0.05) is 47.5 Å². The van der Waals surface area contributed by atoms with Gasteiger partial charge in [0.15, 0.2) is 0 Å². The molecule has 0 radical (unpaired) electrons. The minimum Gasteiger partial charge on any atom is -0.353 e. The highest BCUT2D eigenvalue weighted by atomic mass is 79.9. The van der Waals surface area contributed by atoms with Crippen LogP contribution in [-0.2, 0) is 4.79 Å². The van der Waals surface area contributed by atoms with E-state index in [0.29, 0.717) is 6.54 Å². The Labute approximate surface area is 124 Å². The SMILES string of the molecule is CCCC(C)NC(=O)CN[C@@H](C)c1ccccc1Br. The molecule has 0 heterocycles. The molecule has 1 unspecified atom stereocenters. The minimum absolute atomic E-state index is 0.0554. The number of carbonyl (C=O) groups is 1. The number of halogens is 1. The summed E-state index contributed by atoms with van der Waals surface area (Å²) in [6.45, 7) is 6.56. The van der Waals surface area contributed by atoms with E-state index >= 15 is 0 Å². The molecule has 1 amide bonds. The Bertz CT molecular complexity index is 409. The third-order valence-corrected chi connectivity index (χ3v) is 3.79. The summed E-state index contributed by atoms with van der Waals surface area (Å²) in [5.41, 5.74) is 1.16. The first-order valence-corrected chi connectivity index (χ1v) is 7.61. The number of hydrogen-bond donors (Lipinski definition) is 2. The lowest BCUT2D eigenvalue weighted by molar-refractivity contribution is -0.121. The summed E-state index contributed by atoms with van der Waals surface area (Å²) in [4.78, 5) is 11.8. The van der Waals surface area contributed by atoms with Gasteiger partial charge in [0.1, 0.15) is 0 Å². The summed E-state index contributed by atoms with van der Waals surface area (Å²) in [6, 6.07) is 8.44. The average molecular weight is 327 g/mol. The lowest BCUT2D eigenvalue weighted by Gasteiger charge is -2.17. The van der Waals surface area contributed by atoms with Crippen molar-refractivity contribution in [1.29, 1.82) is 0 Å². The molecule has 0 aliphatic heterocycles. The second-order valence-corrected chi connectivity index (χ2v) is 5.74. The summed E-state index contributed by atoms with van der Waals surface area (Å²) in [7, 11) is 0. The van der Waals surface area contributed by atoms with Crippen molar-refractivity contribution in [3.8, 4) is 0 Å². The Balaban J connectivity index is 2.40. The van der Waals surface area contributed by atoms with E-state index < -0.39 is 0 Å². The zero-order valence-corrected chi connectivity index (χ0v) is 13.5. The van der Waals surface area contributed by atoms with Crippen LogP contribution in [0.25, 0.3) is 0 Å². The Morgan fingerprint density at radius 2 is 2.00 bits per heavy atom. The molecule has 1 rings (SSSR count). The third kappa shape index (κ3) is 5.74. The highest BCUT2D eigenvalue weighted by Gasteiger charge is 2.11. The van der Waals surface area contributed by atoms with Gasteiger partial charge in [0.2, 0.25) is 5.91 Å². The molecular formula is C15H23BrN2O. The molecule has 0 aromatic heterocycles. The van der Waals surface area contributed by atoms with E-state index in [-0.39, 0.29) is 18.0 Å². The number of benzene rings is 1. The molecule has 0 saturated carbocycles. The molecule has 1 aromatic carbocycles. The molecule has 0 saturated heterocycles. The molecule has 1 aromatic rings. The maximum Gasteiger partial charge on any atom is 0.234 e. The van der Waals surface area contributed by atoms with Crippen LogP contribution in [0.15, 0.2) is 28.7 Å². The third-order valence-electron chi connectivity index (χ3n) is 3.07. The smallest absolute Gasteiger partial charge is 0.234 e. The average Bonchev–Trinajstić information content (AvgIpc) is 2.36. The maximum atomic E-state index is 11.8. The van der Waals surface area contributed by atoms with Crippen molar-refractivity contribution in [2.75, 3.05) is 6.54 Å². The highest BCUT2D eigenvalue weighted by Crippen LogP contribution is 2.22. The van der Waals surface area contributed by atoms with Crippen LogP contribution in [0.1, 0.15) is 45.2 Å². The molecule has 0 aliphatic rings. The molecule has 4 heteroatoms. The van der Waals surface area contributed by atoms with Crippen LogP contribution in [-0.4, -0.2) is 18.5 Å². The van der Waals surface area contributed by atoms with Crippen molar-refractivity contribution >= 4 is 21.8 Å². The summed E-state index contributed by atoms with van der Waals surface area (Å²) >= 11 is 3.52. The normalized spacial score (nSPS) is 13.9. The largest absolute Gasteiger partial charge is 0.353 e. The molecule has 2 atom stereocenters. The fourth-order valence-electron chi connectivity index (χ4n) is 2.01. The predicted molar refractivity (Wildman–Crippen MR) is 83.1 cm³/mol. The van der Waals surface area contributed by atoms with Gasteiger partial charge < -0.3 is 10.6 Å². The van der Waals surface area contributed by atoms with Gasteiger partial charge in [0.05, 0.1) is 6.54 Å². The zero-order chi connectivity index (χ0) is 14.3. The quantitative estimate of drug-likeness (QED) is 0.806. The molecule has 0 aliphatic carbocycles. The summed E-state index contributed by atoms with van der Waals surface area (Å²) < 4.78 is 1.06. The second kappa shape index (κ2) is 8.33. The van der Waals surface area contributed by atoms with Gasteiger partial charge in [-0.2, -0.15) is 0 Å². The Morgan fingerprint density at radius 1 is 1.32 bits per heavy atom. The van der Waals surface area contributed by atoms with Crippen LogP contribution >= 0.6 is 15.9 Å². The summed E-state index contributed by atoms with van der Waals surface area (Å²) in [6.07, 6.45) is 2.10. The Hall–Kier alpha value is -0.870. The van der Waals surface area contributed by atoms with Gasteiger partial charge >= 0.3 is 0 Å². The molecule has 0 spiro atoms. The summed E-state index contributed by atoms with van der Waals surface area (Å²) in [5.74, 6) is 0.0554. The Kier molecular flexibility index (Phi) is 7.10. The fourth-order valence-corrected chi connectivity index (χ4v) is 2.64. The first kappa shape index (κ1) is 16.2. The highest BCUT2D eigenvalue weighted by molar-refractivity contribution is 9.10. The van der Waals surface area contributed by atoms with E-state index in [4.69, 9.17) is 0 Å². The first-order chi connectivity index (χ1) is 9.04. The van der Waals surface area contributed by atoms with Crippen LogP contribution in [0.3, 0.4) is 0 Å². The lowest BCUT2D eigenvalue weighted by atomic mass is 10.1. The molecular weight excluding hydrogens is 304 g/mol. The van der Waals surface area contributed by atoms with E-state index in [1.54, 1.807) is 0 Å². The van der Waals surface area contributed by atoms with E-state index in [1.165, 1.54) is 0 Å². The minimum atomic E-state index is 0.0554. The standard InChI is InChI=1S/C15H23BrN2O/c1-4-7-11(2)18-15(19)10-17-12(3)13-8-5-6-9-14(13)16/h5-6,8-9,11-12,17H,4,7,10H2,1-3H3,(H,18,19)/t11?,12-/m0/s1. The first-order valence-electron chi connectivity index (χ1n) is 6.81. The van der Waals surface area contributed by atoms with Crippen molar-refractivity contribution in [3.63, 3.8) is 0 Å². The van der Waals surface area contributed by atoms with E-state index in [9.17, 15) is 4.79 Å². The number of rotatable bonds is 7. The molecule has 0 bridgehead atoms. The molecule has 19 heavy (non-hydrogen) atoms. The van der Waals surface area contributed by atoms with Gasteiger partial charge in [-0.25, -0.2) is 0 Å². The van der Waals surface area contributed by atoms with E-state index in [2.05, 4.69) is 46.5 Å². The molecule has 0 fully saturated rings. The van der Waals surface area contributed by atoms with Gasteiger partial charge in [0, 0.05) is 16.6 Å². The van der Waals surface area contributed by atoms with Crippen molar-refractivity contribution in [3.05, 3.63) is 34.3 Å². The van der Waals surface area contributed by atoms with Crippen molar-refractivity contribution in [2.24, 2.45) is 0 Å². The topological polar surface area (TPSA) is 41.1 Å². The molecule has 2 N–H and O–H groups in total. The molecule has 106 valence electrons. The van der Waals surface area contributed by atoms with Gasteiger partial charge in [-0.3, -0.25) is 4.79 Å². The van der Waals surface area contributed by atoms with E-state index in [1.807, 2.05) is 25.1 Å². The molecule has 3 nitrogen and oxygen atoms in total. The second-order valence-electron chi connectivity index (χ2n) is 4.88. The van der Waals surface area contributed by atoms with Crippen molar-refractivity contribution in [2.45, 2.75) is 45.7 Å². The van der Waals surface area contributed by atoms with Crippen LogP contribution in [0.2, 0.25) is 0 Å². The number of hydrogen-bond acceptors (Lipinski definition) is 2. The maximum absolute atomic E-state index is 11.8. The van der Waals surface area contributed by atoms with Gasteiger partial charge in [-0.15, -0.1) is 0 Å². The number of amides is 1. The predicted octanol–water partition coefficient (Wildman–Crippen LogP) is 3.40. The number of carbonyl (C=O) groups excluding carboxylic acids is 1. The lowest BCUT2D eigenvalue weighted by Crippen LogP contribution is -2.39. The van der Waals surface area contributed by atoms with Gasteiger partial charge in [-0.05, 0) is 31.9 Å². The Morgan fingerprint density at radius 3 is 2.63 bits per heavy atom. The van der Waals surface area contributed by atoms with Crippen LogP contribution in [0.4, 0.5) is 0 Å². The van der Waals surface area contributed by atoms with Crippen LogP contribution in [0.5, 0.6) is 0 Å². The van der Waals surface area contributed by atoms with Crippen molar-refractivity contribution in [1.82, 2.24) is 10.6 Å². The summed E-state index contributed by atoms with van der Waals surface area (Å²) in [5, 5.41) is 6.23. The zero-order valence-electron chi connectivity index (χ0n) is 11.9. The van der Waals surface area contributed by atoms with Crippen LogP contribution in [0, 0.1) is 0 Å². The van der Waals surface area contributed by atoms with E-state index in [0.717, 1.165) is 22.9 Å². The monoisotopic (exact) mass is 326 g/mol.